The highest BCUT2D eigenvalue weighted by atomic mass is 19.4. The van der Waals surface area contributed by atoms with Crippen LogP contribution in [0.1, 0.15) is 50.9 Å². The zero-order valence-electron chi connectivity index (χ0n) is 17.3. The molecule has 0 unspecified atom stereocenters. The van der Waals surface area contributed by atoms with Gasteiger partial charge in [-0.2, -0.15) is 13.2 Å². The van der Waals surface area contributed by atoms with Gasteiger partial charge in [0, 0.05) is 37.6 Å². The summed E-state index contributed by atoms with van der Waals surface area (Å²) >= 11 is 0. The number of nitrogens with zero attached hydrogens (tertiary/aromatic N) is 2. The summed E-state index contributed by atoms with van der Waals surface area (Å²) in [5.74, 6) is 0.279. The quantitative estimate of drug-likeness (QED) is 0.753. The Hall–Kier alpha value is -2.55. The van der Waals surface area contributed by atoms with Gasteiger partial charge in [0.05, 0.1) is 0 Å². The van der Waals surface area contributed by atoms with E-state index in [0.29, 0.717) is 31.6 Å². The van der Waals surface area contributed by atoms with Gasteiger partial charge in [-0.15, -0.1) is 0 Å². The molecule has 3 rings (SSSR count). The smallest absolute Gasteiger partial charge is 0.434 e. The number of amides is 1. The number of alkyl halides is 3. The summed E-state index contributed by atoms with van der Waals surface area (Å²) in [6, 6.07) is 6.84. The molecule has 1 amide bonds. The molecule has 0 spiro atoms. The van der Waals surface area contributed by atoms with Crippen molar-refractivity contribution in [2.45, 2.75) is 58.0 Å². The second kappa shape index (κ2) is 8.67. The number of hydrogen-bond donors (Lipinski definition) is 1. The van der Waals surface area contributed by atoms with Crippen molar-refractivity contribution in [1.82, 2.24) is 14.9 Å². The average Bonchev–Trinajstić information content (AvgIpc) is 3.12. The highest BCUT2D eigenvalue weighted by Crippen LogP contribution is 2.34. The zero-order valence-corrected chi connectivity index (χ0v) is 17.3. The van der Waals surface area contributed by atoms with Crippen molar-refractivity contribution in [3.8, 4) is 11.4 Å². The standard InChI is InChI=1S/C21H26F3N3O3/c1-20(2,3)30-19(28)25-12-14-4-6-15(7-5-14)18-26-17(21(22,23)24)13-27(18)16-8-10-29-11-9-16/h4-7,13,16H,8-12H2,1-3H3,(H,25,28). The van der Waals surface area contributed by atoms with Crippen LogP contribution in [0.4, 0.5) is 18.0 Å². The van der Waals surface area contributed by atoms with E-state index < -0.39 is 23.6 Å². The van der Waals surface area contributed by atoms with Crippen LogP contribution in [-0.4, -0.2) is 34.5 Å². The number of halogens is 3. The first kappa shape index (κ1) is 22.1. The molecule has 2 heterocycles. The van der Waals surface area contributed by atoms with Crippen LogP contribution in [0, 0.1) is 0 Å². The Morgan fingerprint density at radius 2 is 1.83 bits per heavy atom. The van der Waals surface area contributed by atoms with Gasteiger partial charge in [0.25, 0.3) is 0 Å². The van der Waals surface area contributed by atoms with Crippen molar-refractivity contribution in [3.05, 3.63) is 41.7 Å². The van der Waals surface area contributed by atoms with Gasteiger partial charge in [0.1, 0.15) is 11.4 Å². The van der Waals surface area contributed by atoms with Gasteiger partial charge in [0.15, 0.2) is 5.69 Å². The summed E-state index contributed by atoms with van der Waals surface area (Å²) in [5.41, 5.74) is -0.117. The summed E-state index contributed by atoms with van der Waals surface area (Å²) in [6.07, 6.45) is -2.68. The van der Waals surface area contributed by atoms with Gasteiger partial charge in [-0.3, -0.25) is 0 Å². The maximum absolute atomic E-state index is 13.3. The molecule has 1 saturated heterocycles. The van der Waals surface area contributed by atoms with Gasteiger partial charge in [-0.1, -0.05) is 24.3 Å². The Morgan fingerprint density at radius 1 is 1.20 bits per heavy atom. The fourth-order valence-corrected chi connectivity index (χ4v) is 3.25. The minimum absolute atomic E-state index is 0.0918. The molecule has 0 saturated carbocycles. The van der Waals surface area contributed by atoms with Crippen molar-refractivity contribution in [1.29, 1.82) is 0 Å². The molecule has 0 bridgehead atoms. The van der Waals surface area contributed by atoms with Crippen LogP contribution in [0.25, 0.3) is 11.4 Å². The molecule has 0 aliphatic carbocycles. The van der Waals surface area contributed by atoms with E-state index in [1.165, 1.54) is 0 Å². The Morgan fingerprint density at radius 3 is 2.40 bits per heavy atom. The summed E-state index contributed by atoms with van der Waals surface area (Å²) in [7, 11) is 0. The predicted octanol–water partition coefficient (Wildman–Crippen LogP) is 4.95. The lowest BCUT2D eigenvalue weighted by molar-refractivity contribution is -0.140. The molecular weight excluding hydrogens is 399 g/mol. The summed E-state index contributed by atoms with van der Waals surface area (Å²) in [5, 5.41) is 2.66. The van der Waals surface area contributed by atoms with E-state index >= 15 is 0 Å². The monoisotopic (exact) mass is 425 g/mol. The van der Waals surface area contributed by atoms with E-state index in [9.17, 15) is 18.0 Å². The number of benzene rings is 1. The van der Waals surface area contributed by atoms with Crippen LogP contribution < -0.4 is 5.32 Å². The Bertz CT molecular complexity index is 864. The average molecular weight is 425 g/mol. The van der Waals surface area contributed by atoms with Crippen LogP contribution >= 0.6 is 0 Å². The lowest BCUT2D eigenvalue weighted by Crippen LogP contribution is -2.32. The molecule has 2 aromatic rings. The Balaban J connectivity index is 1.78. The maximum Gasteiger partial charge on any atom is 0.434 e. The number of carbonyl (C=O) groups excluding carboxylic acids is 1. The molecule has 1 aromatic carbocycles. The molecule has 1 aromatic heterocycles. The van der Waals surface area contributed by atoms with Crippen molar-refractivity contribution >= 4 is 6.09 Å². The Kier molecular flexibility index (Phi) is 6.40. The van der Waals surface area contributed by atoms with Crippen LogP contribution in [0.5, 0.6) is 0 Å². The summed E-state index contributed by atoms with van der Waals surface area (Å²) in [6.45, 7) is 6.60. The SMILES string of the molecule is CC(C)(C)OC(=O)NCc1ccc(-c2nc(C(F)(F)F)cn2C2CCOCC2)cc1. The Labute approximate surface area is 173 Å². The van der Waals surface area contributed by atoms with Crippen molar-refractivity contribution in [2.75, 3.05) is 13.2 Å². The number of alkyl carbamates (subject to hydrolysis) is 1. The number of imidazole rings is 1. The second-order valence-corrected chi connectivity index (χ2v) is 8.25. The van der Waals surface area contributed by atoms with Gasteiger partial charge < -0.3 is 19.4 Å². The number of carbonyl (C=O) groups is 1. The van der Waals surface area contributed by atoms with Gasteiger partial charge in [-0.25, -0.2) is 9.78 Å². The van der Waals surface area contributed by atoms with E-state index in [-0.39, 0.29) is 18.4 Å². The molecule has 1 aliphatic rings. The van der Waals surface area contributed by atoms with E-state index in [1.54, 1.807) is 49.6 Å². The number of aromatic nitrogens is 2. The molecule has 164 valence electrons. The molecule has 1 aliphatic heterocycles. The second-order valence-electron chi connectivity index (χ2n) is 8.25. The van der Waals surface area contributed by atoms with E-state index in [4.69, 9.17) is 9.47 Å². The summed E-state index contributed by atoms with van der Waals surface area (Å²) < 4.78 is 51.9. The number of rotatable bonds is 4. The largest absolute Gasteiger partial charge is 0.444 e. The molecule has 0 radical (unpaired) electrons. The molecule has 0 atom stereocenters. The van der Waals surface area contributed by atoms with Crippen molar-refractivity contribution in [2.24, 2.45) is 0 Å². The minimum Gasteiger partial charge on any atom is -0.444 e. The van der Waals surface area contributed by atoms with Crippen molar-refractivity contribution in [3.63, 3.8) is 0 Å². The number of nitrogens with one attached hydrogen (secondary N) is 1. The number of hydrogen-bond acceptors (Lipinski definition) is 4. The first-order valence-electron chi connectivity index (χ1n) is 9.83. The highest BCUT2D eigenvalue weighted by Gasteiger charge is 2.36. The fraction of sp³-hybridized carbons (Fsp3) is 0.524. The van der Waals surface area contributed by atoms with Gasteiger partial charge in [-0.05, 0) is 39.2 Å². The minimum atomic E-state index is -4.51. The normalized spacial score (nSPS) is 15.8. The van der Waals surface area contributed by atoms with Gasteiger partial charge >= 0.3 is 12.3 Å². The third-order valence-corrected chi connectivity index (χ3v) is 4.65. The lowest BCUT2D eigenvalue weighted by atomic mass is 10.1. The third kappa shape index (κ3) is 5.75. The van der Waals surface area contributed by atoms with E-state index in [2.05, 4.69) is 10.3 Å². The summed E-state index contributed by atoms with van der Waals surface area (Å²) in [4.78, 5) is 15.7. The molecule has 9 heteroatoms. The highest BCUT2D eigenvalue weighted by molar-refractivity contribution is 5.67. The lowest BCUT2D eigenvalue weighted by Gasteiger charge is -2.25. The molecule has 6 nitrogen and oxygen atoms in total. The number of ether oxygens (including phenoxy) is 2. The predicted molar refractivity (Wildman–Crippen MR) is 105 cm³/mol. The van der Waals surface area contributed by atoms with Gasteiger partial charge in [0.2, 0.25) is 0 Å². The van der Waals surface area contributed by atoms with Crippen LogP contribution in [0.15, 0.2) is 30.5 Å². The third-order valence-electron chi connectivity index (χ3n) is 4.65. The molecular formula is C21H26F3N3O3. The fourth-order valence-electron chi connectivity index (χ4n) is 3.25. The van der Waals surface area contributed by atoms with E-state index in [1.807, 2.05) is 0 Å². The first-order chi connectivity index (χ1) is 14.0. The molecule has 1 fully saturated rings. The first-order valence-corrected chi connectivity index (χ1v) is 9.83. The zero-order chi connectivity index (χ0) is 21.9. The van der Waals surface area contributed by atoms with Crippen LogP contribution in [-0.2, 0) is 22.2 Å². The topological polar surface area (TPSA) is 65.4 Å². The molecule has 1 N–H and O–H groups in total. The van der Waals surface area contributed by atoms with Crippen LogP contribution in [0.2, 0.25) is 0 Å². The molecule has 30 heavy (non-hydrogen) atoms. The van der Waals surface area contributed by atoms with Crippen LogP contribution in [0.3, 0.4) is 0 Å². The van der Waals surface area contributed by atoms with E-state index in [0.717, 1.165) is 11.8 Å². The maximum atomic E-state index is 13.3. The van der Waals surface area contributed by atoms with Crippen molar-refractivity contribution < 1.29 is 27.4 Å².